The maximum Gasteiger partial charge on any atom is 0.405 e. The standard InChI is InChI=1S/C12H13N3O3/c1-7-4-3-5-9(6-7)10-14-11(18-15-10)8(2)13-12(16)17/h3-6,8,13H,1-2H3,(H,16,17). The molecule has 0 aliphatic carbocycles. The van der Waals surface area contributed by atoms with Gasteiger partial charge in [-0.2, -0.15) is 4.98 Å². The van der Waals surface area contributed by atoms with Crippen molar-refractivity contribution in [2.24, 2.45) is 0 Å². The van der Waals surface area contributed by atoms with Gasteiger partial charge in [-0.25, -0.2) is 4.79 Å². The number of benzene rings is 1. The Balaban J connectivity index is 2.22. The molecule has 0 radical (unpaired) electrons. The van der Waals surface area contributed by atoms with Crippen LogP contribution < -0.4 is 5.32 Å². The normalized spacial score (nSPS) is 12.1. The Kier molecular flexibility index (Phi) is 3.27. The molecule has 1 aromatic carbocycles. The van der Waals surface area contributed by atoms with Crippen molar-refractivity contribution < 1.29 is 14.4 Å². The predicted octanol–water partition coefficient (Wildman–Crippen LogP) is 2.37. The van der Waals surface area contributed by atoms with Crippen LogP contribution in [0.1, 0.15) is 24.4 Å². The van der Waals surface area contributed by atoms with Gasteiger partial charge in [-0.3, -0.25) is 0 Å². The van der Waals surface area contributed by atoms with E-state index < -0.39 is 12.1 Å². The molecule has 1 amide bonds. The van der Waals surface area contributed by atoms with Crippen molar-refractivity contribution in [1.29, 1.82) is 0 Å². The van der Waals surface area contributed by atoms with Gasteiger partial charge in [-0.05, 0) is 19.9 Å². The second kappa shape index (κ2) is 4.87. The lowest BCUT2D eigenvalue weighted by Gasteiger charge is -2.04. The van der Waals surface area contributed by atoms with Crippen LogP contribution in [0.15, 0.2) is 28.8 Å². The fourth-order valence-electron chi connectivity index (χ4n) is 1.56. The molecule has 1 atom stereocenters. The zero-order valence-electron chi connectivity index (χ0n) is 10.0. The van der Waals surface area contributed by atoms with Crippen LogP contribution in [0, 0.1) is 6.92 Å². The quantitative estimate of drug-likeness (QED) is 0.869. The van der Waals surface area contributed by atoms with Gasteiger partial charge in [0.15, 0.2) is 0 Å². The number of aromatic nitrogens is 2. The maximum atomic E-state index is 10.5. The lowest BCUT2D eigenvalue weighted by Crippen LogP contribution is -2.24. The molecule has 1 unspecified atom stereocenters. The monoisotopic (exact) mass is 247 g/mol. The molecule has 2 aromatic rings. The average Bonchev–Trinajstić information content (AvgIpc) is 2.77. The van der Waals surface area contributed by atoms with Crippen LogP contribution in [0.3, 0.4) is 0 Å². The van der Waals surface area contributed by atoms with E-state index in [9.17, 15) is 4.79 Å². The first-order valence-electron chi connectivity index (χ1n) is 5.46. The number of nitrogens with one attached hydrogen (secondary N) is 1. The minimum atomic E-state index is -1.13. The van der Waals surface area contributed by atoms with E-state index in [2.05, 4.69) is 15.5 Å². The van der Waals surface area contributed by atoms with Gasteiger partial charge in [0, 0.05) is 5.56 Å². The van der Waals surface area contributed by atoms with Crippen molar-refractivity contribution >= 4 is 6.09 Å². The van der Waals surface area contributed by atoms with E-state index >= 15 is 0 Å². The molecule has 0 aliphatic rings. The Bertz CT molecular complexity index is 565. The van der Waals surface area contributed by atoms with Crippen molar-refractivity contribution in [1.82, 2.24) is 15.5 Å². The number of nitrogens with zero attached hydrogens (tertiary/aromatic N) is 2. The van der Waals surface area contributed by atoms with E-state index in [4.69, 9.17) is 9.63 Å². The lowest BCUT2D eigenvalue weighted by atomic mass is 10.1. The predicted molar refractivity (Wildman–Crippen MR) is 64.0 cm³/mol. The number of carboxylic acid groups (broad SMARTS) is 1. The van der Waals surface area contributed by atoms with E-state index in [1.165, 1.54) is 0 Å². The van der Waals surface area contributed by atoms with Gasteiger partial charge in [0.1, 0.15) is 6.04 Å². The summed E-state index contributed by atoms with van der Waals surface area (Å²) < 4.78 is 5.03. The molecule has 0 fully saturated rings. The van der Waals surface area contributed by atoms with Crippen LogP contribution in [0.2, 0.25) is 0 Å². The van der Waals surface area contributed by atoms with Crippen molar-refractivity contribution in [2.45, 2.75) is 19.9 Å². The smallest absolute Gasteiger partial charge is 0.405 e. The van der Waals surface area contributed by atoms with Gasteiger partial charge in [0.25, 0.3) is 0 Å². The van der Waals surface area contributed by atoms with Gasteiger partial charge in [-0.15, -0.1) is 0 Å². The third kappa shape index (κ3) is 2.65. The minimum absolute atomic E-state index is 0.244. The molecule has 94 valence electrons. The summed E-state index contributed by atoms with van der Waals surface area (Å²) in [5.41, 5.74) is 1.93. The highest BCUT2D eigenvalue weighted by Crippen LogP contribution is 2.19. The molecule has 0 bridgehead atoms. The number of hydrogen-bond donors (Lipinski definition) is 2. The van der Waals surface area contributed by atoms with Gasteiger partial charge >= 0.3 is 6.09 Å². The van der Waals surface area contributed by atoms with E-state index in [0.29, 0.717) is 5.82 Å². The molecule has 0 saturated carbocycles. The van der Waals surface area contributed by atoms with Crippen molar-refractivity contribution in [3.8, 4) is 11.4 Å². The average molecular weight is 247 g/mol. The summed E-state index contributed by atoms with van der Waals surface area (Å²) in [6, 6.07) is 7.15. The third-order valence-corrected chi connectivity index (χ3v) is 2.43. The number of amides is 1. The Morgan fingerprint density at radius 3 is 2.94 bits per heavy atom. The van der Waals surface area contributed by atoms with Crippen LogP contribution >= 0.6 is 0 Å². The Morgan fingerprint density at radius 2 is 2.28 bits per heavy atom. The lowest BCUT2D eigenvalue weighted by molar-refractivity contribution is 0.187. The van der Waals surface area contributed by atoms with Crippen molar-refractivity contribution in [3.63, 3.8) is 0 Å². The van der Waals surface area contributed by atoms with Crippen LogP contribution in [0.25, 0.3) is 11.4 Å². The van der Waals surface area contributed by atoms with E-state index in [-0.39, 0.29) is 5.89 Å². The molecule has 18 heavy (non-hydrogen) atoms. The van der Waals surface area contributed by atoms with Gasteiger partial charge < -0.3 is 14.9 Å². The van der Waals surface area contributed by atoms with Crippen molar-refractivity contribution in [2.75, 3.05) is 0 Å². The summed E-state index contributed by atoms with van der Waals surface area (Å²) in [6.07, 6.45) is -1.13. The largest absolute Gasteiger partial charge is 0.465 e. The Morgan fingerprint density at radius 1 is 1.50 bits per heavy atom. The molecule has 1 heterocycles. The molecule has 0 aliphatic heterocycles. The Labute approximate surface area is 104 Å². The van der Waals surface area contributed by atoms with E-state index in [0.717, 1.165) is 11.1 Å². The zero-order valence-corrected chi connectivity index (χ0v) is 10.0. The van der Waals surface area contributed by atoms with E-state index in [1.807, 2.05) is 31.2 Å². The Hall–Kier alpha value is -2.37. The molecule has 6 nitrogen and oxygen atoms in total. The summed E-state index contributed by atoms with van der Waals surface area (Å²) in [4.78, 5) is 14.7. The second-order valence-electron chi connectivity index (χ2n) is 4.00. The molecule has 0 saturated heterocycles. The van der Waals surface area contributed by atoms with Gasteiger partial charge in [-0.1, -0.05) is 28.9 Å². The fourth-order valence-corrected chi connectivity index (χ4v) is 1.56. The summed E-state index contributed by atoms with van der Waals surface area (Å²) in [5, 5.41) is 14.7. The SMILES string of the molecule is Cc1cccc(-c2noc(C(C)NC(=O)O)n2)c1. The van der Waals surface area contributed by atoms with Gasteiger partial charge in [0.05, 0.1) is 0 Å². The minimum Gasteiger partial charge on any atom is -0.465 e. The molecule has 1 aromatic heterocycles. The zero-order chi connectivity index (χ0) is 13.1. The first kappa shape index (κ1) is 12.1. The molecule has 0 spiro atoms. The highest BCUT2D eigenvalue weighted by Gasteiger charge is 2.16. The summed E-state index contributed by atoms with van der Waals surface area (Å²) in [6.45, 7) is 3.61. The molecular formula is C12H13N3O3. The summed E-state index contributed by atoms with van der Waals surface area (Å²) >= 11 is 0. The molecular weight excluding hydrogens is 234 g/mol. The van der Waals surface area contributed by atoms with Crippen LogP contribution in [-0.2, 0) is 0 Å². The van der Waals surface area contributed by atoms with Crippen molar-refractivity contribution in [3.05, 3.63) is 35.7 Å². The third-order valence-electron chi connectivity index (χ3n) is 2.43. The molecule has 6 heteroatoms. The molecule has 2 rings (SSSR count). The number of aryl methyl sites for hydroxylation is 1. The van der Waals surface area contributed by atoms with Crippen LogP contribution in [0.5, 0.6) is 0 Å². The summed E-state index contributed by atoms with van der Waals surface area (Å²) in [7, 11) is 0. The molecule has 2 N–H and O–H groups in total. The van der Waals surface area contributed by atoms with E-state index in [1.54, 1.807) is 6.92 Å². The van der Waals surface area contributed by atoms with Crippen LogP contribution in [-0.4, -0.2) is 21.3 Å². The second-order valence-corrected chi connectivity index (χ2v) is 4.00. The first-order valence-corrected chi connectivity index (χ1v) is 5.46. The number of hydrogen-bond acceptors (Lipinski definition) is 4. The van der Waals surface area contributed by atoms with Crippen LogP contribution in [0.4, 0.5) is 4.79 Å². The number of carbonyl (C=O) groups is 1. The highest BCUT2D eigenvalue weighted by molar-refractivity contribution is 5.65. The highest BCUT2D eigenvalue weighted by atomic mass is 16.5. The van der Waals surface area contributed by atoms with Gasteiger partial charge in [0.2, 0.25) is 11.7 Å². The number of rotatable bonds is 3. The fraction of sp³-hybridized carbons (Fsp3) is 0.250. The topological polar surface area (TPSA) is 88.2 Å². The summed E-state index contributed by atoms with van der Waals surface area (Å²) in [5.74, 6) is 0.696. The maximum absolute atomic E-state index is 10.5. The first-order chi connectivity index (χ1) is 8.56.